The van der Waals surface area contributed by atoms with Gasteiger partial charge in [0.2, 0.25) is 0 Å². The summed E-state index contributed by atoms with van der Waals surface area (Å²) in [6.45, 7) is 1.86. The van der Waals surface area contributed by atoms with Crippen LogP contribution in [0.25, 0.3) is 11.0 Å². The molecule has 0 unspecified atom stereocenters. The van der Waals surface area contributed by atoms with Crippen molar-refractivity contribution in [1.82, 2.24) is 14.8 Å². The van der Waals surface area contributed by atoms with Crippen LogP contribution in [0.2, 0.25) is 0 Å². The summed E-state index contributed by atoms with van der Waals surface area (Å²) in [6, 6.07) is 3.44. The van der Waals surface area contributed by atoms with Crippen LogP contribution in [0.15, 0.2) is 32.4 Å². The molecule has 3 aromatic rings. The standard InChI is InChI=1S/C12H11BrN4O2S2/c1-7-9-5-8(6-14-11(9)17(2)15-7)16-21(18,19)12-10(13)3-4-20-12/h3-6,16H,1-2H3. The minimum Gasteiger partial charge on any atom is -0.277 e. The van der Waals surface area contributed by atoms with Gasteiger partial charge in [-0.1, -0.05) is 0 Å². The Morgan fingerprint density at radius 3 is 2.86 bits per heavy atom. The Morgan fingerprint density at radius 1 is 1.43 bits per heavy atom. The number of nitrogens with zero attached hydrogens (tertiary/aromatic N) is 3. The zero-order chi connectivity index (χ0) is 15.2. The molecule has 1 N–H and O–H groups in total. The van der Waals surface area contributed by atoms with Crippen LogP contribution in [-0.4, -0.2) is 23.2 Å². The van der Waals surface area contributed by atoms with Crippen LogP contribution >= 0.6 is 27.3 Å². The summed E-state index contributed by atoms with van der Waals surface area (Å²) in [5.74, 6) is 0. The number of anilines is 1. The molecule has 0 saturated heterocycles. The Hall–Kier alpha value is -1.45. The van der Waals surface area contributed by atoms with Crippen molar-refractivity contribution in [2.45, 2.75) is 11.1 Å². The second-order valence-electron chi connectivity index (χ2n) is 4.47. The molecule has 6 nitrogen and oxygen atoms in total. The predicted octanol–water partition coefficient (Wildman–Crippen LogP) is 2.90. The summed E-state index contributed by atoms with van der Waals surface area (Å²) in [7, 11) is -1.82. The summed E-state index contributed by atoms with van der Waals surface area (Å²) in [6.07, 6.45) is 1.49. The minimum atomic E-state index is -3.62. The molecule has 110 valence electrons. The number of hydrogen-bond acceptors (Lipinski definition) is 5. The van der Waals surface area contributed by atoms with E-state index in [4.69, 9.17) is 0 Å². The van der Waals surface area contributed by atoms with E-state index in [1.54, 1.807) is 29.2 Å². The van der Waals surface area contributed by atoms with Crippen molar-refractivity contribution in [1.29, 1.82) is 0 Å². The topological polar surface area (TPSA) is 76.9 Å². The fourth-order valence-corrected chi connectivity index (χ4v) is 5.41. The lowest BCUT2D eigenvalue weighted by Gasteiger charge is -2.06. The van der Waals surface area contributed by atoms with Crippen molar-refractivity contribution in [2.75, 3.05) is 4.72 Å². The first-order valence-electron chi connectivity index (χ1n) is 5.93. The lowest BCUT2D eigenvalue weighted by atomic mass is 10.3. The maximum Gasteiger partial charge on any atom is 0.272 e. The largest absolute Gasteiger partial charge is 0.277 e. The van der Waals surface area contributed by atoms with E-state index in [0.29, 0.717) is 15.8 Å². The quantitative estimate of drug-likeness (QED) is 0.750. The highest BCUT2D eigenvalue weighted by atomic mass is 79.9. The van der Waals surface area contributed by atoms with E-state index >= 15 is 0 Å². The summed E-state index contributed by atoms with van der Waals surface area (Å²) in [4.78, 5) is 4.25. The van der Waals surface area contributed by atoms with E-state index in [2.05, 4.69) is 30.7 Å². The van der Waals surface area contributed by atoms with Crippen molar-refractivity contribution in [2.24, 2.45) is 7.05 Å². The van der Waals surface area contributed by atoms with Crippen LogP contribution in [0, 0.1) is 6.92 Å². The van der Waals surface area contributed by atoms with Gasteiger partial charge < -0.3 is 0 Å². The van der Waals surface area contributed by atoms with Gasteiger partial charge in [0.05, 0.1) is 17.6 Å². The molecule has 21 heavy (non-hydrogen) atoms. The van der Waals surface area contributed by atoms with Gasteiger partial charge >= 0.3 is 0 Å². The van der Waals surface area contributed by atoms with Gasteiger partial charge in [-0.2, -0.15) is 5.10 Å². The Morgan fingerprint density at radius 2 is 2.19 bits per heavy atom. The normalized spacial score (nSPS) is 12.0. The molecule has 0 aromatic carbocycles. The molecule has 0 fully saturated rings. The summed E-state index contributed by atoms with van der Waals surface area (Å²) >= 11 is 4.38. The molecular formula is C12H11BrN4O2S2. The van der Waals surface area contributed by atoms with Crippen molar-refractivity contribution in [3.8, 4) is 0 Å². The van der Waals surface area contributed by atoms with E-state index in [0.717, 1.165) is 22.4 Å². The highest BCUT2D eigenvalue weighted by Gasteiger charge is 2.20. The number of hydrogen-bond donors (Lipinski definition) is 1. The molecule has 0 amide bonds. The second-order valence-corrected chi connectivity index (χ2v) is 8.11. The number of rotatable bonds is 3. The number of aromatic nitrogens is 3. The maximum atomic E-state index is 12.3. The SMILES string of the molecule is Cc1nn(C)c2ncc(NS(=O)(=O)c3sccc3Br)cc12. The molecule has 0 radical (unpaired) electrons. The van der Waals surface area contributed by atoms with Gasteiger partial charge in [0.15, 0.2) is 9.86 Å². The average Bonchev–Trinajstić information content (AvgIpc) is 2.95. The monoisotopic (exact) mass is 386 g/mol. The van der Waals surface area contributed by atoms with E-state index in [1.807, 2.05) is 6.92 Å². The zero-order valence-corrected chi connectivity index (χ0v) is 14.4. The van der Waals surface area contributed by atoms with E-state index in [9.17, 15) is 8.42 Å². The number of halogens is 1. The van der Waals surface area contributed by atoms with E-state index in [1.165, 1.54) is 6.20 Å². The number of nitrogens with one attached hydrogen (secondary N) is 1. The lowest BCUT2D eigenvalue weighted by molar-refractivity contribution is 0.603. The Labute approximate surface area is 134 Å². The molecule has 3 rings (SSSR count). The minimum absolute atomic E-state index is 0.241. The second kappa shape index (κ2) is 5.08. The third kappa shape index (κ3) is 2.56. The zero-order valence-electron chi connectivity index (χ0n) is 11.2. The first kappa shape index (κ1) is 14.5. The van der Waals surface area contributed by atoms with Crippen LogP contribution in [-0.2, 0) is 17.1 Å². The third-order valence-corrected chi connectivity index (χ3v) is 7.00. The fraction of sp³-hybridized carbons (Fsp3) is 0.167. The van der Waals surface area contributed by atoms with Gasteiger partial charge in [-0.15, -0.1) is 11.3 Å². The molecule has 0 spiro atoms. The molecule has 0 bridgehead atoms. The van der Waals surface area contributed by atoms with E-state index < -0.39 is 10.0 Å². The molecule has 0 aliphatic heterocycles. The molecule has 0 aliphatic rings. The summed E-state index contributed by atoms with van der Waals surface area (Å²) in [5.41, 5.74) is 1.94. The summed E-state index contributed by atoms with van der Waals surface area (Å²) in [5, 5.41) is 6.80. The van der Waals surface area contributed by atoms with Gasteiger partial charge in [-0.25, -0.2) is 13.4 Å². The van der Waals surface area contributed by atoms with Gasteiger partial charge in [-0.3, -0.25) is 9.40 Å². The number of sulfonamides is 1. The van der Waals surface area contributed by atoms with Crippen LogP contribution in [0.4, 0.5) is 5.69 Å². The van der Waals surface area contributed by atoms with Gasteiger partial charge in [-0.05, 0) is 40.4 Å². The van der Waals surface area contributed by atoms with Crippen molar-refractivity contribution in [3.63, 3.8) is 0 Å². The van der Waals surface area contributed by atoms with Crippen molar-refractivity contribution >= 4 is 54.0 Å². The highest BCUT2D eigenvalue weighted by molar-refractivity contribution is 9.10. The first-order chi connectivity index (χ1) is 9.88. The van der Waals surface area contributed by atoms with Crippen LogP contribution in [0.3, 0.4) is 0 Å². The number of thiophene rings is 1. The molecule has 0 aliphatic carbocycles. The van der Waals surface area contributed by atoms with Crippen molar-refractivity contribution < 1.29 is 8.42 Å². The molecule has 0 atom stereocenters. The molecule has 0 saturated carbocycles. The average molecular weight is 387 g/mol. The highest BCUT2D eigenvalue weighted by Crippen LogP contribution is 2.29. The predicted molar refractivity (Wildman–Crippen MR) is 86.1 cm³/mol. The van der Waals surface area contributed by atoms with Crippen LogP contribution in [0.1, 0.15) is 5.69 Å². The Balaban J connectivity index is 2.02. The molecule has 9 heteroatoms. The molecule has 3 aromatic heterocycles. The lowest BCUT2D eigenvalue weighted by Crippen LogP contribution is -2.12. The Kier molecular flexibility index (Phi) is 3.50. The van der Waals surface area contributed by atoms with Crippen LogP contribution in [0.5, 0.6) is 0 Å². The van der Waals surface area contributed by atoms with Gasteiger partial charge in [0.1, 0.15) is 0 Å². The number of aryl methyl sites for hydroxylation is 2. The fourth-order valence-electron chi connectivity index (χ4n) is 2.04. The Bertz CT molecular complexity index is 930. The van der Waals surface area contributed by atoms with Gasteiger partial charge in [0, 0.05) is 16.9 Å². The molecule has 3 heterocycles. The smallest absolute Gasteiger partial charge is 0.272 e. The maximum absolute atomic E-state index is 12.3. The first-order valence-corrected chi connectivity index (χ1v) is 9.09. The number of fused-ring (bicyclic) bond motifs is 1. The third-order valence-electron chi connectivity index (χ3n) is 2.94. The van der Waals surface area contributed by atoms with Crippen molar-refractivity contribution in [3.05, 3.63) is 33.9 Å². The van der Waals surface area contributed by atoms with Gasteiger partial charge in [0.25, 0.3) is 10.0 Å². The number of pyridine rings is 1. The summed E-state index contributed by atoms with van der Waals surface area (Å²) < 4.78 is 29.7. The molecular weight excluding hydrogens is 376 g/mol. The van der Waals surface area contributed by atoms with Crippen LogP contribution < -0.4 is 4.72 Å². The van der Waals surface area contributed by atoms with E-state index in [-0.39, 0.29) is 4.21 Å².